The van der Waals surface area contributed by atoms with Gasteiger partial charge in [0.1, 0.15) is 0 Å². The molecule has 11 heteroatoms. The fourth-order valence-corrected chi connectivity index (χ4v) is 2.84. The van der Waals surface area contributed by atoms with Crippen LogP contribution in [0, 0.1) is 0 Å². The Labute approximate surface area is 190 Å². The Kier molecular flexibility index (Phi) is 7.07. The molecule has 0 fully saturated rings. The number of furan rings is 1. The topological polar surface area (TPSA) is 97.6 Å². The Bertz CT molecular complexity index is 1180. The smallest absolute Gasteiger partial charge is 0.416 e. The average Bonchev–Trinajstić information content (AvgIpc) is 3.30. The van der Waals surface area contributed by atoms with E-state index in [0.29, 0.717) is 6.07 Å². The van der Waals surface area contributed by atoms with Gasteiger partial charge in [-0.25, -0.2) is 4.79 Å². The molecule has 7 nitrogen and oxygen atoms in total. The summed E-state index contributed by atoms with van der Waals surface area (Å²) in [6.45, 7) is 1.23. The summed E-state index contributed by atoms with van der Waals surface area (Å²) in [5.74, 6) is -2.43. The SMILES string of the molecule is C[C@H](OC(=O)c1ccccc1NC(=O)c1ccco1)C(=O)Nc1cc(C(F)(F)F)ccc1Cl. The van der Waals surface area contributed by atoms with Gasteiger partial charge in [0.2, 0.25) is 0 Å². The van der Waals surface area contributed by atoms with Gasteiger partial charge in [-0.3, -0.25) is 9.59 Å². The molecule has 2 N–H and O–H groups in total. The number of esters is 1. The van der Waals surface area contributed by atoms with E-state index in [1.165, 1.54) is 43.5 Å². The van der Waals surface area contributed by atoms with E-state index >= 15 is 0 Å². The normalized spacial score (nSPS) is 12.0. The molecular formula is C22H16ClF3N2O5. The zero-order valence-corrected chi connectivity index (χ0v) is 17.7. The number of rotatable bonds is 6. The lowest BCUT2D eigenvalue weighted by Crippen LogP contribution is -2.30. The second kappa shape index (κ2) is 9.78. The van der Waals surface area contributed by atoms with E-state index < -0.39 is 35.6 Å². The molecule has 1 aromatic heterocycles. The number of hydrogen-bond donors (Lipinski definition) is 2. The largest absolute Gasteiger partial charge is 0.459 e. The van der Waals surface area contributed by atoms with E-state index in [9.17, 15) is 27.6 Å². The van der Waals surface area contributed by atoms with Gasteiger partial charge in [0.25, 0.3) is 11.8 Å². The third kappa shape index (κ3) is 5.92. The van der Waals surface area contributed by atoms with E-state index in [-0.39, 0.29) is 27.7 Å². The molecule has 1 heterocycles. The second-order valence-corrected chi connectivity index (χ2v) is 7.11. The van der Waals surface area contributed by atoms with Gasteiger partial charge in [-0.15, -0.1) is 0 Å². The highest BCUT2D eigenvalue weighted by atomic mass is 35.5. The maximum absolute atomic E-state index is 12.9. The predicted molar refractivity (Wildman–Crippen MR) is 113 cm³/mol. The Balaban J connectivity index is 1.70. The summed E-state index contributed by atoms with van der Waals surface area (Å²) in [7, 11) is 0. The van der Waals surface area contributed by atoms with E-state index in [1.54, 1.807) is 6.07 Å². The highest BCUT2D eigenvalue weighted by Gasteiger charge is 2.31. The minimum Gasteiger partial charge on any atom is -0.459 e. The van der Waals surface area contributed by atoms with Gasteiger partial charge in [-0.1, -0.05) is 23.7 Å². The van der Waals surface area contributed by atoms with Gasteiger partial charge in [0.15, 0.2) is 11.9 Å². The van der Waals surface area contributed by atoms with Gasteiger partial charge in [0, 0.05) is 0 Å². The van der Waals surface area contributed by atoms with Crippen LogP contribution < -0.4 is 10.6 Å². The molecule has 3 aromatic rings. The number of alkyl halides is 3. The average molecular weight is 481 g/mol. The molecule has 0 aliphatic carbocycles. The quantitative estimate of drug-likeness (QED) is 0.461. The first-order chi connectivity index (χ1) is 15.6. The summed E-state index contributed by atoms with van der Waals surface area (Å²) < 4.78 is 48.9. The van der Waals surface area contributed by atoms with Crippen molar-refractivity contribution in [3.63, 3.8) is 0 Å². The van der Waals surface area contributed by atoms with Crippen LogP contribution in [0.5, 0.6) is 0 Å². The number of halogens is 4. The number of hydrogen-bond acceptors (Lipinski definition) is 5. The molecule has 33 heavy (non-hydrogen) atoms. The summed E-state index contributed by atoms with van der Waals surface area (Å²) in [5.41, 5.74) is -1.23. The molecule has 1 atom stereocenters. The Hall–Kier alpha value is -3.79. The maximum Gasteiger partial charge on any atom is 0.416 e. The molecule has 2 aromatic carbocycles. The molecule has 0 aliphatic rings. The van der Waals surface area contributed by atoms with Crippen LogP contribution in [0.25, 0.3) is 0 Å². The Morgan fingerprint density at radius 3 is 2.39 bits per heavy atom. The first-order valence-corrected chi connectivity index (χ1v) is 9.76. The van der Waals surface area contributed by atoms with Crippen molar-refractivity contribution in [2.45, 2.75) is 19.2 Å². The summed E-state index contributed by atoms with van der Waals surface area (Å²) in [5, 5.41) is 4.60. The lowest BCUT2D eigenvalue weighted by atomic mass is 10.1. The Morgan fingerprint density at radius 1 is 1.00 bits per heavy atom. The first-order valence-electron chi connectivity index (χ1n) is 9.38. The molecule has 0 saturated heterocycles. The highest BCUT2D eigenvalue weighted by Crippen LogP contribution is 2.34. The molecule has 0 spiro atoms. The third-order valence-electron chi connectivity index (χ3n) is 4.34. The van der Waals surface area contributed by atoms with Crippen molar-refractivity contribution in [3.8, 4) is 0 Å². The van der Waals surface area contributed by atoms with Crippen LogP contribution in [0.1, 0.15) is 33.4 Å². The van der Waals surface area contributed by atoms with Crippen molar-refractivity contribution in [3.05, 3.63) is 82.8 Å². The van der Waals surface area contributed by atoms with E-state index in [4.69, 9.17) is 20.8 Å². The minimum atomic E-state index is -4.63. The summed E-state index contributed by atoms with van der Waals surface area (Å²) in [4.78, 5) is 37.2. The number of carbonyl (C=O) groups excluding carboxylic acids is 3. The van der Waals surface area contributed by atoms with E-state index in [0.717, 1.165) is 12.1 Å². The van der Waals surface area contributed by atoms with Gasteiger partial charge < -0.3 is 19.8 Å². The molecule has 2 amide bonds. The maximum atomic E-state index is 12.9. The minimum absolute atomic E-state index is 0.0175. The van der Waals surface area contributed by atoms with Crippen molar-refractivity contribution in [1.29, 1.82) is 0 Å². The number of anilines is 2. The van der Waals surface area contributed by atoms with Crippen LogP contribution in [0.2, 0.25) is 5.02 Å². The summed E-state index contributed by atoms with van der Waals surface area (Å²) >= 11 is 5.87. The molecule has 172 valence electrons. The van der Waals surface area contributed by atoms with Crippen molar-refractivity contribution < 1.29 is 36.7 Å². The van der Waals surface area contributed by atoms with Crippen LogP contribution >= 0.6 is 11.6 Å². The zero-order chi connectivity index (χ0) is 24.2. The second-order valence-electron chi connectivity index (χ2n) is 6.71. The van der Waals surface area contributed by atoms with Crippen LogP contribution in [0.3, 0.4) is 0 Å². The van der Waals surface area contributed by atoms with Crippen molar-refractivity contribution in [2.24, 2.45) is 0 Å². The third-order valence-corrected chi connectivity index (χ3v) is 4.67. The molecule has 3 rings (SSSR count). The van der Waals surface area contributed by atoms with Crippen LogP contribution in [-0.2, 0) is 15.7 Å². The van der Waals surface area contributed by atoms with Crippen molar-refractivity contribution in [1.82, 2.24) is 0 Å². The fourth-order valence-electron chi connectivity index (χ4n) is 2.67. The number of amides is 2. The molecule has 0 saturated carbocycles. The lowest BCUT2D eigenvalue weighted by molar-refractivity contribution is -0.137. The number of benzene rings is 2. The number of para-hydroxylation sites is 1. The van der Waals surface area contributed by atoms with Crippen molar-refractivity contribution >= 4 is 40.8 Å². The Morgan fingerprint density at radius 2 is 1.73 bits per heavy atom. The molecule has 0 bridgehead atoms. The molecule has 0 radical (unpaired) electrons. The van der Waals surface area contributed by atoms with Crippen LogP contribution in [0.15, 0.2) is 65.3 Å². The number of nitrogens with one attached hydrogen (secondary N) is 2. The fraction of sp³-hybridized carbons (Fsp3) is 0.136. The van der Waals surface area contributed by atoms with E-state index in [1.807, 2.05) is 0 Å². The van der Waals surface area contributed by atoms with Gasteiger partial charge in [-0.05, 0) is 49.4 Å². The monoisotopic (exact) mass is 480 g/mol. The highest BCUT2D eigenvalue weighted by molar-refractivity contribution is 6.33. The summed E-state index contributed by atoms with van der Waals surface area (Å²) in [6, 6.07) is 11.3. The standard InChI is InChI=1S/C22H16ClF3N2O5/c1-12(19(29)28-17-11-13(22(24,25)26)8-9-15(17)23)33-21(31)14-5-2-3-6-16(14)27-20(30)18-7-4-10-32-18/h2-12H,1H3,(H,27,30)(H,28,29)/t12-/m0/s1. The predicted octanol–water partition coefficient (Wildman–Crippen LogP) is 5.39. The number of ether oxygens (including phenoxy) is 1. The van der Waals surface area contributed by atoms with Crippen molar-refractivity contribution in [2.75, 3.05) is 10.6 Å². The number of carbonyl (C=O) groups is 3. The van der Waals surface area contributed by atoms with Gasteiger partial charge in [-0.2, -0.15) is 13.2 Å². The molecule has 0 unspecified atom stereocenters. The zero-order valence-electron chi connectivity index (χ0n) is 16.9. The van der Waals surface area contributed by atoms with Crippen LogP contribution in [0.4, 0.5) is 24.5 Å². The molecule has 0 aliphatic heterocycles. The van der Waals surface area contributed by atoms with Crippen LogP contribution in [-0.4, -0.2) is 23.9 Å². The van der Waals surface area contributed by atoms with Gasteiger partial charge in [0.05, 0.1) is 33.8 Å². The first kappa shape index (κ1) is 23.9. The van der Waals surface area contributed by atoms with E-state index in [2.05, 4.69) is 10.6 Å². The molecular weight excluding hydrogens is 465 g/mol. The van der Waals surface area contributed by atoms with Gasteiger partial charge >= 0.3 is 12.1 Å². The summed E-state index contributed by atoms with van der Waals surface area (Å²) in [6.07, 6.45) is -4.71. The lowest BCUT2D eigenvalue weighted by Gasteiger charge is -2.16.